The van der Waals surface area contributed by atoms with Gasteiger partial charge in [0.1, 0.15) is 0 Å². The van der Waals surface area contributed by atoms with Gasteiger partial charge in [0, 0.05) is 40.1 Å². The van der Waals surface area contributed by atoms with Crippen LogP contribution in [0.3, 0.4) is 0 Å². The highest BCUT2D eigenvalue weighted by Gasteiger charge is 2.39. The second kappa shape index (κ2) is 6.38. The van der Waals surface area contributed by atoms with Crippen molar-refractivity contribution in [1.82, 2.24) is 0 Å². The van der Waals surface area contributed by atoms with Crippen LogP contribution in [-0.4, -0.2) is 31.5 Å². The Morgan fingerprint density at radius 2 is 2.05 bits per heavy atom. The van der Waals surface area contributed by atoms with Gasteiger partial charge in [-0.1, -0.05) is 11.6 Å². The van der Waals surface area contributed by atoms with Crippen LogP contribution in [0.2, 0.25) is 5.02 Å². The predicted octanol–water partition coefficient (Wildman–Crippen LogP) is 4.08. The molecule has 2 aliphatic rings. The molecule has 2 aliphatic heterocycles. The molecule has 1 aromatic rings. The van der Waals surface area contributed by atoms with Crippen molar-refractivity contribution in [2.75, 3.05) is 25.1 Å². The SMILES string of the molecule is Clc1ccc(NC2CCOC3(CCOCC3)C2)c(I)c1. The van der Waals surface area contributed by atoms with Crippen molar-refractivity contribution in [3.05, 3.63) is 26.8 Å². The van der Waals surface area contributed by atoms with Crippen molar-refractivity contribution < 1.29 is 9.47 Å². The Morgan fingerprint density at radius 3 is 2.80 bits per heavy atom. The van der Waals surface area contributed by atoms with Crippen molar-refractivity contribution in [2.24, 2.45) is 0 Å². The molecule has 2 fully saturated rings. The quantitative estimate of drug-likeness (QED) is 0.749. The zero-order valence-corrected chi connectivity index (χ0v) is 14.2. The minimum Gasteiger partial charge on any atom is -0.381 e. The fraction of sp³-hybridized carbons (Fsp3) is 0.600. The number of anilines is 1. The van der Waals surface area contributed by atoms with E-state index in [0.29, 0.717) is 6.04 Å². The Labute approximate surface area is 138 Å². The van der Waals surface area contributed by atoms with Gasteiger partial charge in [0.05, 0.1) is 5.60 Å². The number of halogens is 2. The van der Waals surface area contributed by atoms with Crippen molar-refractivity contribution in [3.63, 3.8) is 0 Å². The maximum Gasteiger partial charge on any atom is 0.0745 e. The number of ether oxygens (including phenoxy) is 2. The second-order valence-electron chi connectivity index (χ2n) is 5.60. The minimum atomic E-state index is 0.0338. The summed E-state index contributed by atoms with van der Waals surface area (Å²) in [5.41, 5.74) is 1.20. The first-order valence-corrected chi connectivity index (χ1v) is 8.56. The van der Waals surface area contributed by atoms with Gasteiger partial charge in [-0.3, -0.25) is 0 Å². The maximum absolute atomic E-state index is 6.08. The predicted molar refractivity (Wildman–Crippen MR) is 89.5 cm³/mol. The average molecular weight is 408 g/mol. The van der Waals surface area contributed by atoms with Gasteiger partial charge in [-0.25, -0.2) is 0 Å². The van der Waals surface area contributed by atoms with Crippen LogP contribution in [0.4, 0.5) is 5.69 Å². The number of benzene rings is 1. The fourth-order valence-corrected chi connectivity index (χ4v) is 4.10. The van der Waals surface area contributed by atoms with Gasteiger partial charge >= 0.3 is 0 Å². The number of rotatable bonds is 2. The molecular formula is C15H19ClINO2. The molecule has 0 aromatic heterocycles. The molecule has 0 aliphatic carbocycles. The standard InChI is InChI=1S/C15H19ClINO2/c16-11-1-2-14(13(17)9-11)18-12-3-6-20-15(10-12)4-7-19-8-5-15/h1-2,9,12,18H,3-8,10H2. The van der Waals surface area contributed by atoms with Crippen molar-refractivity contribution in [2.45, 2.75) is 37.3 Å². The van der Waals surface area contributed by atoms with E-state index in [9.17, 15) is 0 Å². The van der Waals surface area contributed by atoms with E-state index in [1.807, 2.05) is 12.1 Å². The molecule has 2 heterocycles. The van der Waals surface area contributed by atoms with Gasteiger partial charge in [0.2, 0.25) is 0 Å². The van der Waals surface area contributed by atoms with Gasteiger partial charge in [-0.15, -0.1) is 0 Å². The van der Waals surface area contributed by atoms with Crippen LogP contribution in [0.25, 0.3) is 0 Å². The van der Waals surface area contributed by atoms with Crippen LogP contribution in [0.5, 0.6) is 0 Å². The van der Waals surface area contributed by atoms with E-state index >= 15 is 0 Å². The summed E-state index contributed by atoms with van der Waals surface area (Å²) < 4.78 is 12.7. The third-order valence-corrected chi connectivity index (χ3v) is 5.32. The third-order valence-electron chi connectivity index (χ3n) is 4.19. The zero-order chi connectivity index (χ0) is 14.0. The highest BCUT2D eigenvalue weighted by Crippen LogP contribution is 2.36. The largest absolute Gasteiger partial charge is 0.381 e. The van der Waals surface area contributed by atoms with Gasteiger partial charge in [-0.05, 0) is 66.5 Å². The van der Waals surface area contributed by atoms with Crippen LogP contribution < -0.4 is 5.32 Å². The monoisotopic (exact) mass is 407 g/mol. The smallest absolute Gasteiger partial charge is 0.0745 e. The first-order valence-electron chi connectivity index (χ1n) is 7.10. The summed E-state index contributed by atoms with van der Waals surface area (Å²) in [6, 6.07) is 6.47. The molecule has 1 N–H and O–H groups in total. The summed E-state index contributed by atoms with van der Waals surface area (Å²) in [4.78, 5) is 0. The Bertz CT molecular complexity index is 471. The van der Waals surface area contributed by atoms with E-state index in [4.69, 9.17) is 21.1 Å². The van der Waals surface area contributed by atoms with Gasteiger partial charge in [-0.2, -0.15) is 0 Å². The fourth-order valence-electron chi connectivity index (χ4n) is 3.07. The zero-order valence-electron chi connectivity index (χ0n) is 11.3. The van der Waals surface area contributed by atoms with E-state index in [1.54, 1.807) is 0 Å². The van der Waals surface area contributed by atoms with E-state index in [0.717, 1.165) is 50.5 Å². The normalized spacial score (nSPS) is 25.6. The highest BCUT2D eigenvalue weighted by molar-refractivity contribution is 14.1. The van der Waals surface area contributed by atoms with Crippen LogP contribution in [0, 0.1) is 3.57 Å². The highest BCUT2D eigenvalue weighted by atomic mass is 127. The van der Waals surface area contributed by atoms with Crippen molar-refractivity contribution in [3.8, 4) is 0 Å². The Balaban J connectivity index is 1.68. The molecule has 0 bridgehead atoms. The molecule has 1 atom stereocenters. The second-order valence-corrected chi connectivity index (χ2v) is 7.20. The molecule has 0 radical (unpaired) electrons. The summed E-state index contributed by atoms with van der Waals surface area (Å²) in [7, 11) is 0. The molecule has 1 aromatic carbocycles. The van der Waals surface area contributed by atoms with Crippen molar-refractivity contribution in [1.29, 1.82) is 0 Å². The Hall–Kier alpha value is -0.0400. The average Bonchev–Trinajstić information content (AvgIpc) is 2.43. The molecule has 5 heteroatoms. The van der Waals surface area contributed by atoms with Gasteiger partial charge in [0.25, 0.3) is 0 Å². The van der Waals surface area contributed by atoms with Gasteiger partial charge in [0.15, 0.2) is 0 Å². The molecule has 0 saturated carbocycles. The summed E-state index contributed by atoms with van der Waals surface area (Å²) in [5.74, 6) is 0. The third kappa shape index (κ3) is 3.40. The Kier molecular flexibility index (Phi) is 4.75. The summed E-state index contributed by atoms with van der Waals surface area (Å²) in [6.45, 7) is 2.48. The molecule has 2 saturated heterocycles. The number of nitrogens with one attached hydrogen (secondary N) is 1. The minimum absolute atomic E-state index is 0.0338. The lowest BCUT2D eigenvalue weighted by Gasteiger charge is -2.43. The van der Waals surface area contributed by atoms with E-state index in [1.165, 1.54) is 9.26 Å². The molecule has 20 heavy (non-hydrogen) atoms. The first-order chi connectivity index (χ1) is 9.67. The van der Waals surface area contributed by atoms with Crippen LogP contribution >= 0.6 is 34.2 Å². The van der Waals surface area contributed by atoms with E-state index in [2.05, 4.69) is 34.0 Å². The molecule has 0 amide bonds. The Morgan fingerprint density at radius 1 is 1.25 bits per heavy atom. The molecule has 1 spiro atoms. The lowest BCUT2D eigenvalue weighted by Crippen LogP contribution is -2.47. The molecular weight excluding hydrogens is 389 g/mol. The first kappa shape index (κ1) is 14.9. The molecule has 1 unspecified atom stereocenters. The summed E-state index contributed by atoms with van der Waals surface area (Å²) >= 11 is 8.34. The summed E-state index contributed by atoms with van der Waals surface area (Å²) in [5, 5.41) is 4.45. The summed E-state index contributed by atoms with van der Waals surface area (Å²) in [6.07, 6.45) is 4.15. The number of hydrogen-bond donors (Lipinski definition) is 1. The van der Waals surface area contributed by atoms with Gasteiger partial charge < -0.3 is 14.8 Å². The van der Waals surface area contributed by atoms with Crippen LogP contribution in [0.1, 0.15) is 25.7 Å². The molecule has 110 valence electrons. The number of hydrogen-bond acceptors (Lipinski definition) is 3. The van der Waals surface area contributed by atoms with E-state index in [-0.39, 0.29) is 5.60 Å². The van der Waals surface area contributed by atoms with E-state index < -0.39 is 0 Å². The van der Waals surface area contributed by atoms with Crippen molar-refractivity contribution >= 4 is 39.9 Å². The molecule has 3 nitrogen and oxygen atoms in total. The van der Waals surface area contributed by atoms with Crippen LogP contribution in [0.15, 0.2) is 18.2 Å². The molecule has 3 rings (SSSR count). The lowest BCUT2D eigenvalue weighted by atomic mass is 9.84. The lowest BCUT2D eigenvalue weighted by molar-refractivity contribution is -0.135. The topological polar surface area (TPSA) is 30.5 Å². The van der Waals surface area contributed by atoms with Crippen LogP contribution in [-0.2, 0) is 9.47 Å². The maximum atomic E-state index is 6.08.